The number of nitrogens with one attached hydrogen (secondary N) is 1. The molecule has 2 atom stereocenters. The summed E-state index contributed by atoms with van der Waals surface area (Å²) in [6, 6.07) is 8.59. The highest BCUT2D eigenvalue weighted by molar-refractivity contribution is 7.22. The fourth-order valence-corrected chi connectivity index (χ4v) is 5.88. The lowest BCUT2D eigenvalue weighted by Gasteiger charge is -2.57. The number of carbonyl (C=O) groups excluding carboxylic acids is 1. The van der Waals surface area contributed by atoms with Gasteiger partial charge in [-0.05, 0) is 68.9 Å². The van der Waals surface area contributed by atoms with Gasteiger partial charge in [0, 0.05) is 18.3 Å². The Labute approximate surface area is 190 Å². The van der Waals surface area contributed by atoms with E-state index in [1.54, 1.807) is 6.07 Å². The molecule has 1 aromatic carbocycles. The number of piperidine rings is 2. The van der Waals surface area contributed by atoms with Crippen molar-refractivity contribution >= 4 is 32.6 Å². The molecular weight excluding hydrogens is 427 g/mol. The van der Waals surface area contributed by atoms with Gasteiger partial charge in [-0.2, -0.15) is 0 Å². The molecule has 3 aliphatic rings. The normalized spacial score (nSPS) is 24.3. The van der Waals surface area contributed by atoms with Crippen LogP contribution in [0.15, 0.2) is 30.3 Å². The average molecular weight is 455 g/mol. The third-order valence-electron chi connectivity index (χ3n) is 6.80. The van der Waals surface area contributed by atoms with Gasteiger partial charge in [0.25, 0.3) is 5.91 Å². The number of hydrogen-bond acceptors (Lipinski definition) is 6. The van der Waals surface area contributed by atoms with E-state index in [4.69, 9.17) is 4.74 Å². The number of rotatable bonds is 6. The third kappa shape index (κ3) is 3.70. The van der Waals surface area contributed by atoms with Crippen molar-refractivity contribution in [2.75, 3.05) is 18.5 Å². The van der Waals surface area contributed by atoms with Crippen molar-refractivity contribution in [1.82, 2.24) is 14.9 Å². The average Bonchev–Trinajstić information content (AvgIpc) is 3.14. The van der Waals surface area contributed by atoms with Gasteiger partial charge in [0.1, 0.15) is 5.82 Å². The van der Waals surface area contributed by atoms with Crippen LogP contribution in [0.4, 0.5) is 9.52 Å². The van der Waals surface area contributed by atoms with Crippen molar-refractivity contribution in [3.05, 3.63) is 47.5 Å². The minimum absolute atomic E-state index is 0.0283. The summed E-state index contributed by atoms with van der Waals surface area (Å²) in [6.45, 7) is 7.10. The minimum Gasteiger partial charge on any atom is -0.491 e. The molecule has 1 saturated carbocycles. The number of benzene rings is 1. The first-order valence-corrected chi connectivity index (χ1v) is 12.0. The van der Waals surface area contributed by atoms with Crippen LogP contribution in [-0.2, 0) is 0 Å². The number of ether oxygens (including phenoxy) is 1. The molecule has 1 aliphatic carbocycles. The highest BCUT2D eigenvalue weighted by atomic mass is 32.1. The van der Waals surface area contributed by atoms with Gasteiger partial charge in [-0.25, -0.2) is 14.4 Å². The van der Waals surface area contributed by atoms with Gasteiger partial charge in [0.05, 0.1) is 22.9 Å². The molecule has 32 heavy (non-hydrogen) atoms. The van der Waals surface area contributed by atoms with Crippen molar-refractivity contribution in [2.45, 2.75) is 45.7 Å². The van der Waals surface area contributed by atoms with Crippen LogP contribution < -0.4 is 10.1 Å². The Morgan fingerprint density at radius 2 is 2.09 bits per heavy atom. The molecule has 1 N–H and O–H groups in total. The van der Waals surface area contributed by atoms with Crippen LogP contribution in [0, 0.1) is 24.6 Å². The Morgan fingerprint density at radius 3 is 2.88 bits per heavy atom. The maximum Gasteiger partial charge on any atom is 0.276 e. The first kappa shape index (κ1) is 21.1. The predicted octanol–water partition coefficient (Wildman–Crippen LogP) is 4.89. The summed E-state index contributed by atoms with van der Waals surface area (Å²) in [5.41, 5.74) is 1.96. The largest absolute Gasteiger partial charge is 0.491 e. The zero-order valence-corrected chi connectivity index (χ0v) is 19.3. The number of pyridine rings is 1. The fourth-order valence-electron chi connectivity index (χ4n) is 4.98. The SMILES string of the molecule is CCOc1ccc(C)nc1C(=O)N1C2CC(C2)[C@@H](C)[C@H]1CNc1nc2ccc(F)cc2s1. The molecule has 3 fully saturated rings. The standard InChI is InChI=1S/C24H27FN4O2S/c1-4-31-20-8-5-13(2)27-22(20)23(30)29-17-9-15(10-17)14(3)19(29)12-26-24-28-18-7-6-16(25)11-21(18)32-24/h5-8,11,14-15,17,19H,4,9-10,12H2,1-3H3,(H,26,28)/t14-,15?,17?,19-/m1/s1. The van der Waals surface area contributed by atoms with Crippen molar-refractivity contribution in [1.29, 1.82) is 0 Å². The quantitative estimate of drug-likeness (QED) is 0.575. The van der Waals surface area contributed by atoms with Crippen molar-refractivity contribution in [3.63, 3.8) is 0 Å². The second-order valence-electron chi connectivity index (χ2n) is 8.77. The summed E-state index contributed by atoms with van der Waals surface area (Å²) < 4.78 is 20.1. The molecule has 168 valence electrons. The molecule has 2 aliphatic heterocycles. The third-order valence-corrected chi connectivity index (χ3v) is 7.77. The number of aryl methyl sites for hydroxylation is 1. The topological polar surface area (TPSA) is 67.3 Å². The number of fused-ring (bicyclic) bond motifs is 3. The van der Waals surface area contributed by atoms with E-state index < -0.39 is 0 Å². The molecule has 0 radical (unpaired) electrons. The Balaban J connectivity index is 1.40. The summed E-state index contributed by atoms with van der Waals surface area (Å²) in [4.78, 5) is 24.9. The Hall–Kier alpha value is -2.74. The molecule has 2 bridgehead atoms. The second-order valence-corrected chi connectivity index (χ2v) is 9.80. The second kappa shape index (κ2) is 8.31. The molecule has 2 saturated heterocycles. The predicted molar refractivity (Wildman–Crippen MR) is 124 cm³/mol. The van der Waals surface area contributed by atoms with Crippen molar-refractivity contribution < 1.29 is 13.9 Å². The van der Waals surface area contributed by atoms with Crippen molar-refractivity contribution in [3.8, 4) is 5.75 Å². The van der Waals surface area contributed by atoms with Crippen LogP contribution in [0.3, 0.4) is 0 Å². The molecular formula is C24H27FN4O2S. The molecule has 3 aromatic rings. The van der Waals surface area contributed by atoms with Gasteiger partial charge in [0.2, 0.25) is 0 Å². The van der Waals surface area contributed by atoms with E-state index in [9.17, 15) is 9.18 Å². The molecule has 1 amide bonds. The van der Waals surface area contributed by atoms with E-state index >= 15 is 0 Å². The monoisotopic (exact) mass is 454 g/mol. The molecule has 0 unspecified atom stereocenters. The number of amides is 1. The van der Waals surface area contributed by atoms with Crippen LogP contribution in [0.25, 0.3) is 10.2 Å². The summed E-state index contributed by atoms with van der Waals surface area (Å²) in [5.74, 6) is 1.21. The van der Waals surface area contributed by atoms with Crippen LogP contribution in [0.1, 0.15) is 42.9 Å². The lowest BCUT2D eigenvalue weighted by atomic mass is 9.64. The molecule has 0 spiro atoms. The van der Waals surface area contributed by atoms with Gasteiger partial charge < -0.3 is 15.0 Å². The van der Waals surface area contributed by atoms with Crippen LogP contribution in [0.5, 0.6) is 5.75 Å². The number of hydrogen-bond donors (Lipinski definition) is 1. The van der Waals surface area contributed by atoms with E-state index in [2.05, 4.69) is 22.2 Å². The van der Waals surface area contributed by atoms with Crippen LogP contribution in [0.2, 0.25) is 0 Å². The maximum absolute atomic E-state index is 13.7. The summed E-state index contributed by atoms with van der Waals surface area (Å²) in [6.07, 6.45) is 2.08. The van der Waals surface area contributed by atoms with Gasteiger partial charge in [-0.1, -0.05) is 18.3 Å². The maximum atomic E-state index is 13.7. The van der Waals surface area contributed by atoms with Crippen LogP contribution in [-0.4, -0.2) is 46.0 Å². The lowest BCUT2D eigenvalue weighted by Crippen LogP contribution is -2.64. The number of halogens is 1. The Bertz CT molecular complexity index is 1160. The fraction of sp³-hybridized carbons (Fsp3) is 0.458. The number of thiazole rings is 1. The first-order chi connectivity index (χ1) is 15.4. The smallest absolute Gasteiger partial charge is 0.276 e. The van der Waals surface area contributed by atoms with Gasteiger partial charge in [-0.15, -0.1) is 0 Å². The number of aromatic nitrogens is 2. The number of nitrogens with zero attached hydrogens (tertiary/aromatic N) is 3. The van der Waals surface area contributed by atoms with E-state index in [-0.39, 0.29) is 23.8 Å². The van der Waals surface area contributed by atoms with Crippen LogP contribution >= 0.6 is 11.3 Å². The molecule has 6 rings (SSSR count). The zero-order valence-electron chi connectivity index (χ0n) is 18.5. The van der Waals surface area contributed by atoms with E-state index in [0.29, 0.717) is 36.4 Å². The number of carbonyl (C=O) groups is 1. The molecule has 4 heterocycles. The summed E-state index contributed by atoms with van der Waals surface area (Å²) in [5, 5.41) is 4.17. The molecule has 6 nitrogen and oxygen atoms in total. The van der Waals surface area contributed by atoms with Gasteiger partial charge >= 0.3 is 0 Å². The number of anilines is 1. The van der Waals surface area contributed by atoms with E-state index in [1.165, 1.54) is 23.5 Å². The minimum atomic E-state index is -0.263. The molecule has 2 aromatic heterocycles. The molecule has 8 heteroatoms. The zero-order chi connectivity index (χ0) is 22.4. The Morgan fingerprint density at radius 1 is 1.28 bits per heavy atom. The van der Waals surface area contributed by atoms with E-state index in [0.717, 1.165) is 33.9 Å². The highest BCUT2D eigenvalue weighted by Gasteiger charge is 2.51. The first-order valence-electron chi connectivity index (χ1n) is 11.2. The summed E-state index contributed by atoms with van der Waals surface area (Å²) in [7, 11) is 0. The van der Waals surface area contributed by atoms with Gasteiger partial charge in [0.15, 0.2) is 16.6 Å². The Kier molecular flexibility index (Phi) is 5.49. The van der Waals surface area contributed by atoms with Gasteiger partial charge in [-0.3, -0.25) is 4.79 Å². The highest BCUT2D eigenvalue weighted by Crippen LogP contribution is 2.47. The summed E-state index contributed by atoms with van der Waals surface area (Å²) >= 11 is 1.43. The van der Waals surface area contributed by atoms with Crippen molar-refractivity contribution in [2.24, 2.45) is 11.8 Å². The van der Waals surface area contributed by atoms with E-state index in [1.807, 2.05) is 30.9 Å². The lowest BCUT2D eigenvalue weighted by molar-refractivity contribution is -0.0506.